The number of fused-ring (bicyclic) bond motifs is 1. The molecule has 6 heteroatoms. The van der Waals surface area contributed by atoms with E-state index in [2.05, 4.69) is 10.6 Å². The maximum absolute atomic E-state index is 12.6. The molecule has 2 aromatic carbocycles. The monoisotopic (exact) mass is 326 g/mol. The minimum atomic E-state index is -0.914. The van der Waals surface area contributed by atoms with Crippen LogP contribution >= 0.6 is 0 Å². The lowest BCUT2D eigenvalue weighted by molar-refractivity contribution is -0.136. The standard InChI is InChI=1S/C18H18N2O4/c1-24-16-8-11(9-17(21)22)6-7-15(16)20-18(23)13-10-19-14-5-3-2-4-12(13)14/h2-8,13,19H,9-10H2,1H3,(H,20,23)(H,21,22). The summed E-state index contributed by atoms with van der Waals surface area (Å²) in [7, 11) is 1.49. The van der Waals surface area contributed by atoms with Crippen molar-refractivity contribution in [3.8, 4) is 5.75 Å². The number of anilines is 2. The van der Waals surface area contributed by atoms with Crippen LogP contribution in [0.25, 0.3) is 0 Å². The minimum Gasteiger partial charge on any atom is -0.495 e. The number of ether oxygens (including phenoxy) is 1. The second-order valence-corrected chi connectivity index (χ2v) is 5.62. The summed E-state index contributed by atoms with van der Waals surface area (Å²) < 4.78 is 5.28. The Labute approximate surface area is 139 Å². The van der Waals surface area contributed by atoms with Crippen molar-refractivity contribution in [1.29, 1.82) is 0 Å². The number of amides is 1. The number of carboxylic acid groups (broad SMARTS) is 1. The van der Waals surface area contributed by atoms with E-state index in [1.165, 1.54) is 7.11 Å². The molecule has 0 aromatic heterocycles. The second-order valence-electron chi connectivity index (χ2n) is 5.62. The highest BCUT2D eigenvalue weighted by Gasteiger charge is 2.28. The third kappa shape index (κ3) is 3.17. The van der Waals surface area contributed by atoms with Gasteiger partial charge in [0.05, 0.1) is 25.1 Å². The van der Waals surface area contributed by atoms with Crippen LogP contribution in [0.1, 0.15) is 17.0 Å². The number of methoxy groups -OCH3 is 1. The molecule has 1 aliphatic heterocycles. The number of benzene rings is 2. The molecule has 0 bridgehead atoms. The summed E-state index contributed by atoms with van der Waals surface area (Å²) in [5, 5.41) is 15.0. The van der Waals surface area contributed by atoms with Gasteiger partial charge in [0.2, 0.25) is 5.91 Å². The Kier molecular flexibility index (Phi) is 4.37. The lowest BCUT2D eigenvalue weighted by Crippen LogP contribution is -2.22. The number of hydrogen-bond donors (Lipinski definition) is 3. The van der Waals surface area contributed by atoms with Crippen molar-refractivity contribution in [2.45, 2.75) is 12.3 Å². The molecular weight excluding hydrogens is 308 g/mol. The molecule has 0 aliphatic carbocycles. The van der Waals surface area contributed by atoms with Gasteiger partial charge in [-0.3, -0.25) is 9.59 Å². The van der Waals surface area contributed by atoms with Crippen LogP contribution in [0.5, 0.6) is 5.75 Å². The summed E-state index contributed by atoms with van der Waals surface area (Å²) in [6.45, 7) is 0.546. The van der Waals surface area contributed by atoms with Gasteiger partial charge < -0.3 is 20.5 Å². The average Bonchev–Trinajstić information content (AvgIpc) is 2.99. The van der Waals surface area contributed by atoms with E-state index in [9.17, 15) is 9.59 Å². The molecule has 1 heterocycles. The van der Waals surface area contributed by atoms with Crippen molar-refractivity contribution in [2.75, 3.05) is 24.3 Å². The molecule has 1 atom stereocenters. The number of hydrogen-bond acceptors (Lipinski definition) is 4. The summed E-state index contributed by atoms with van der Waals surface area (Å²) in [5.74, 6) is -0.870. The molecule has 0 spiro atoms. The van der Waals surface area contributed by atoms with E-state index in [1.54, 1.807) is 18.2 Å². The number of rotatable bonds is 5. The van der Waals surface area contributed by atoms with Gasteiger partial charge in [0.1, 0.15) is 5.75 Å². The van der Waals surface area contributed by atoms with E-state index in [1.807, 2.05) is 24.3 Å². The van der Waals surface area contributed by atoms with E-state index in [0.717, 1.165) is 11.3 Å². The molecular formula is C18H18N2O4. The molecule has 0 radical (unpaired) electrons. The Hall–Kier alpha value is -3.02. The van der Waals surface area contributed by atoms with Crippen molar-refractivity contribution in [2.24, 2.45) is 0 Å². The zero-order valence-corrected chi connectivity index (χ0v) is 13.2. The van der Waals surface area contributed by atoms with Crippen molar-refractivity contribution in [1.82, 2.24) is 0 Å². The van der Waals surface area contributed by atoms with Crippen LogP contribution in [0.2, 0.25) is 0 Å². The summed E-state index contributed by atoms with van der Waals surface area (Å²) in [6, 6.07) is 12.7. The van der Waals surface area contributed by atoms with Gasteiger partial charge in [0.15, 0.2) is 0 Å². The quantitative estimate of drug-likeness (QED) is 0.785. The third-order valence-corrected chi connectivity index (χ3v) is 4.03. The Morgan fingerprint density at radius 1 is 1.29 bits per heavy atom. The zero-order valence-electron chi connectivity index (χ0n) is 13.2. The Morgan fingerprint density at radius 3 is 2.83 bits per heavy atom. The van der Waals surface area contributed by atoms with Gasteiger partial charge >= 0.3 is 5.97 Å². The second kappa shape index (κ2) is 6.62. The molecule has 1 amide bonds. The third-order valence-electron chi connectivity index (χ3n) is 4.03. The van der Waals surface area contributed by atoms with Gasteiger partial charge in [-0.05, 0) is 29.3 Å². The number of aliphatic carboxylic acids is 1. The molecule has 0 saturated carbocycles. The van der Waals surface area contributed by atoms with Gasteiger partial charge in [-0.2, -0.15) is 0 Å². The molecule has 0 saturated heterocycles. The fourth-order valence-corrected chi connectivity index (χ4v) is 2.86. The molecule has 2 aromatic rings. The Balaban J connectivity index is 1.78. The predicted octanol–water partition coefficient (Wildman–Crippen LogP) is 2.47. The molecule has 6 nitrogen and oxygen atoms in total. The first-order valence-corrected chi connectivity index (χ1v) is 7.61. The van der Waals surface area contributed by atoms with Gasteiger partial charge in [-0.15, -0.1) is 0 Å². The normalized spacial score (nSPS) is 15.3. The summed E-state index contributed by atoms with van der Waals surface area (Å²) >= 11 is 0. The molecule has 1 aliphatic rings. The lowest BCUT2D eigenvalue weighted by atomic mass is 10.0. The van der Waals surface area contributed by atoms with Crippen LogP contribution in [0.15, 0.2) is 42.5 Å². The van der Waals surface area contributed by atoms with E-state index in [4.69, 9.17) is 9.84 Å². The van der Waals surface area contributed by atoms with Gasteiger partial charge in [0, 0.05) is 12.2 Å². The molecule has 1 unspecified atom stereocenters. The predicted molar refractivity (Wildman–Crippen MR) is 90.6 cm³/mol. The van der Waals surface area contributed by atoms with E-state index in [0.29, 0.717) is 23.5 Å². The Bertz CT molecular complexity index is 788. The van der Waals surface area contributed by atoms with Crippen LogP contribution in [0.4, 0.5) is 11.4 Å². The van der Waals surface area contributed by atoms with Crippen molar-refractivity contribution in [3.05, 3.63) is 53.6 Å². The first kappa shape index (κ1) is 15.9. The van der Waals surface area contributed by atoms with Gasteiger partial charge in [-0.25, -0.2) is 0 Å². The molecule has 24 heavy (non-hydrogen) atoms. The van der Waals surface area contributed by atoms with Crippen LogP contribution < -0.4 is 15.4 Å². The fourth-order valence-electron chi connectivity index (χ4n) is 2.86. The zero-order chi connectivity index (χ0) is 17.1. The van der Waals surface area contributed by atoms with Crippen molar-refractivity contribution >= 4 is 23.3 Å². The SMILES string of the molecule is COc1cc(CC(=O)O)ccc1NC(=O)C1CNc2ccccc21. The highest BCUT2D eigenvalue weighted by molar-refractivity contribution is 5.99. The molecule has 0 fully saturated rings. The highest BCUT2D eigenvalue weighted by Crippen LogP contribution is 2.33. The molecule has 3 rings (SSSR count). The van der Waals surface area contributed by atoms with E-state index in [-0.39, 0.29) is 18.2 Å². The first-order valence-electron chi connectivity index (χ1n) is 7.61. The van der Waals surface area contributed by atoms with E-state index < -0.39 is 5.97 Å². The maximum atomic E-state index is 12.6. The van der Waals surface area contributed by atoms with Crippen LogP contribution in [0.3, 0.4) is 0 Å². The van der Waals surface area contributed by atoms with Gasteiger partial charge in [0.25, 0.3) is 0 Å². The van der Waals surface area contributed by atoms with Crippen LogP contribution in [0, 0.1) is 0 Å². The topological polar surface area (TPSA) is 87.7 Å². The smallest absolute Gasteiger partial charge is 0.307 e. The van der Waals surface area contributed by atoms with Crippen molar-refractivity contribution in [3.63, 3.8) is 0 Å². The Morgan fingerprint density at radius 2 is 2.08 bits per heavy atom. The highest BCUT2D eigenvalue weighted by atomic mass is 16.5. The lowest BCUT2D eigenvalue weighted by Gasteiger charge is -2.14. The number of para-hydroxylation sites is 1. The van der Waals surface area contributed by atoms with Gasteiger partial charge in [-0.1, -0.05) is 24.3 Å². The molecule has 124 valence electrons. The van der Waals surface area contributed by atoms with Crippen LogP contribution in [-0.2, 0) is 16.0 Å². The first-order chi connectivity index (χ1) is 11.6. The number of carbonyl (C=O) groups excluding carboxylic acids is 1. The van der Waals surface area contributed by atoms with Crippen LogP contribution in [-0.4, -0.2) is 30.6 Å². The minimum absolute atomic E-state index is 0.0928. The maximum Gasteiger partial charge on any atom is 0.307 e. The summed E-state index contributed by atoms with van der Waals surface area (Å²) in [5.41, 5.74) is 3.09. The summed E-state index contributed by atoms with van der Waals surface area (Å²) in [4.78, 5) is 23.4. The number of nitrogens with one attached hydrogen (secondary N) is 2. The van der Waals surface area contributed by atoms with E-state index >= 15 is 0 Å². The number of carboxylic acids is 1. The fraction of sp³-hybridized carbons (Fsp3) is 0.222. The average molecular weight is 326 g/mol. The largest absolute Gasteiger partial charge is 0.495 e. The number of carbonyl (C=O) groups is 2. The summed E-state index contributed by atoms with van der Waals surface area (Å²) in [6.07, 6.45) is -0.0928. The molecule has 3 N–H and O–H groups in total. The van der Waals surface area contributed by atoms with Crippen molar-refractivity contribution < 1.29 is 19.4 Å².